The molecule has 2 aromatic carbocycles. The fourth-order valence-electron chi connectivity index (χ4n) is 4.07. The van der Waals surface area contributed by atoms with Gasteiger partial charge in [0.1, 0.15) is 10.6 Å². The van der Waals surface area contributed by atoms with Crippen LogP contribution in [0.2, 0.25) is 0 Å². The van der Waals surface area contributed by atoms with Crippen LogP contribution in [0.15, 0.2) is 48.5 Å². The molecule has 31 heavy (non-hydrogen) atoms. The van der Waals surface area contributed by atoms with Gasteiger partial charge in [-0.1, -0.05) is 30.3 Å². The van der Waals surface area contributed by atoms with Gasteiger partial charge in [-0.05, 0) is 30.7 Å². The van der Waals surface area contributed by atoms with Crippen molar-refractivity contribution < 1.29 is 13.9 Å². The highest BCUT2D eigenvalue weighted by atomic mass is 32.1. The zero-order valence-corrected chi connectivity index (χ0v) is 18.1. The van der Waals surface area contributed by atoms with E-state index in [4.69, 9.17) is 9.72 Å². The zero-order chi connectivity index (χ0) is 21.4. The van der Waals surface area contributed by atoms with E-state index in [9.17, 15) is 9.18 Å². The van der Waals surface area contributed by atoms with Crippen molar-refractivity contribution in [3.63, 3.8) is 0 Å². The van der Waals surface area contributed by atoms with Crippen LogP contribution in [0.5, 0.6) is 0 Å². The summed E-state index contributed by atoms with van der Waals surface area (Å²) in [6.07, 6.45) is -0.260. The Balaban J connectivity index is 1.52. The molecule has 0 saturated carbocycles. The lowest BCUT2D eigenvalue weighted by atomic mass is 10.2. The molecule has 1 aliphatic rings. The highest BCUT2D eigenvalue weighted by Crippen LogP contribution is 2.37. The maximum absolute atomic E-state index is 13.4. The molecular formula is C23H23FN4O2S. The molecule has 0 atom stereocenters. The summed E-state index contributed by atoms with van der Waals surface area (Å²) in [6.45, 7) is 5.36. The van der Waals surface area contributed by atoms with Crippen LogP contribution in [0.4, 0.5) is 15.1 Å². The van der Waals surface area contributed by atoms with Crippen LogP contribution in [-0.4, -0.2) is 53.3 Å². The highest BCUT2D eigenvalue weighted by Gasteiger charge is 2.26. The van der Waals surface area contributed by atoms with Crippen molar-refractivity contribution in [2.24, 2.45) is 0 Å². The Morgan fingerprint density at radius 3 is 2.58 bits per heavy atom. The molecule has 2 aromatic heterocycles. The number of halogens is 1. The molecule has 1 saturated heterocycles. The number of aromatic nitrogens is 2. The maximum atomic E-state index is 13.4. The lowest BCUT2D eigenvalue weighted by Crippen LogP contribution is -2.49. The van der Waals surface area contributed by atoms with E-state index in [1.807, 2.05) is 31.2 Å². The summed E-state index contributed by atoms with van der Waals surface area (Å²) in [7, 11) is 0. The van der Waals surface area contributed by atoms with Crippen LogP contribution in [0, 0.1) is 5.82 Å². The minimum absolute atomic E-state index is 0.240. The molecule has 0 aliphatic carbocycles. The molecule has 1 aliphatic heterocycles. The number of thiophene rings is 1. The Morgan fingerprint density at radius 1 is 1.10 bits per heavy atom. The normalized spacial score (nSPS) is 14.5. The zero-order valence-electron chi connectivity index (χ0n) is 17.3. The summed E-state index contributed by atoms with van der Waals surface area (Å²) in [5.41, 5.74) is 2.12. The second-order valence-electron chi connectivity index (χ2n) is 7.55. The van der Waals surface area contributed by atoms with Gasteiger partial charge in [-0.25, -0.2) is 14.2 Å². The van der Waals surface area contributed by atoms with E-state index in [-0.39, 0.29) is 11.9 Å². The number of carbonyl (C=O) groups excluding carboxylic acids is 1. The fourth-order valence-corrected chi connectivity index (χ4v) is 5.15. The number of anilines is 1. The van der Waals surface area contributed by atoms with Gasteiger partial charge < -0.3 is 19.1 Å². The van der Waals surface area contributed by atoms with Gasteiger partial charge >= 0.3 is 6.09 Å². The smallest absolute Gasteiger partial charge is 0.409 e. The van der Waals surface area contributed by atoms with E-state index < -0.39 is 0 Å². The van der Waals surface area contributed by atoms with Gasteiger partial charge in [0.05, 0.1) is 18.7 Å². The van der Waals surface area contributed by atoms with Gasteiger partial charge in [0.25, 0.3) is 0 Å². The third-order valence-corrected chi connectivity index (χ3v) is 6.66. The number of amides is 1. The van der Waals surface area contributed by atoms with Gasteiger partial charge in [-0.15, -0.1) is 11.3 Å². The number of nitrogens with zero attached hydrogens (tertiary/aromatic N) is 4. The minimum atomic E-state index is -0.260. The van der Waals surface area contributed by atoms with Gasteiger partial charge in [-0.2, -0.15) is 0 Å². The Labute approximate surface area is 183 Å². The number of carbonyl (C=O) groups is 1. The number of imidazole rings is 1. The largest absolute Gasteiger partial charge is 0.450 e. The molecule has 0 unspecified atom stereocenters. The van der Waals surface area contributed by atoms with Gasteiger partial charge in [-0.3, -0.25) is 0 Å². The molecule has 0 bridgehead atoms. The van der Waals surface area contributed by atoms with Gasteiger partial charge in [0, 0.05) is 36.3 Å². The lowest BCUT2D eigenvalue weighted by Gasteiger charge is -2.34. The summed E-state index contributed by atoms with van der Waals surface area (Å²) in [4.78, 5) is 22.0. The van der Waals surface area contributed by atoms with Crippen molar-refractivity contribution in [2.45, 2.75) is 13.5 Å². The molecule has 1 amide bonds. The van der Waals surface area contributed by atoms with Crippen molar-refractivity contribution in [1.29, 1.82) is 0 Å². The van der Waals surface area contributed by atoms with Gasteiger partial charge in [0.2, 0.25) is 5.95 Å². The van der Waals surface area contributed by atoms with Gasteiger partial charge in [0.15, 0.2) is 0 Å². The molecule has 160 valence electrons. The van der Waals surface area contributed by atoms with Crippen molar-refractivity contribution in [3.05, 3.63) is 59.9 Å². The Kier molecular flexibility index (Phi) is 5.23. The van der Waals surface area contributed by atoms with Crippen LogP contribution >= 0.6 is 11.3 Å². The van der Waals surface area contributed by atoms with E-state index in [0.29, 0.717) is 39.3 Å². The number of hydrogen-bond donors (Lipinski definition) is 0. The Hall–Kier alpha value is -3.13. The number of benzene rings is 2. The second kappa shape index (κ2) is 8.19. The maximum Gasteiger partial charge on any atom is 0.409 e. The van der Waals surface area contributed by atoms with Crippen molar-refractivity contribution in [1.82, 2.24) is 14.5 Å². The molecule has 0 radical (unpaired) electrons. The van der Waals surface area contributed by atoms with Crippen LogP contribution in [0.3, 0.4) is 0 Å². The predicted molar refractivity (Wildman–Crippen MR) is 121 cm³/mol. The van der Waals surface area contributed by atoms with E-state index in [2.05, 4.69) is 21.6 Å². The topological polar surface area (TPSA) is 50.6 Å². The molecule has 4 aromatic rings. The first-order valence-corrected chi connectivity index (χ1v) is 11.2. The summed E-state index contributed by atoms with van der Waals surface area (Å²) in [6, 6.07) is 14.9. The standard InChI is InChI=1S/C23H23FN4O2S/c1-2-30-23(29)27-13-11-26(12-14-27)22-25-21-20(18-5-3-4-6-19(18)31-21)28(22)15-16-7-9-17(24)10-8-16/h3-10H,2,11-15H2,1H3. The van der Waals surface area contributed by atoms with Crippen LogP contribution in [0.1, 0.15) is 12.5 Å². The first-order chi connectivity index (χ1) is 15.1. The fraction of sp³-hybridized carbons (Fsp3) is 0.304. The Bertz CT molecular complexity index is 1230. The molecule has 3 heterocycles. The summed E-state index contributed by atoms with van der Waals surface area (Å²) >= 11 is 1.68. The molecule has 0 N–H and O–H groups in total. The average Bonchev–Trinajstić information content (AvgIpc) is 3.32. The SMILES string of the molecule is CCOC(=O)N1CCN(c2nc3sc4ccccc4c3n2Cc2ccc(F)cc2)CC1. The van der Waals surface area contributed by atoms with E-state index in [0.717, 1.165) is 21.9 Å². The third-order valence-electron chi connectivity index (χ3n) is 5.61. The number of piperazine rings is 1. The first-order valence-electron chi connectivity index (χ1n) is 10.4. The van der Waals surface area contributed by atoms with Crippen LogP contribution in [0.25, 0.3) is 20.4 Å². The number of rotatable bonds is 4. The van der Waals surface area contributed by atoms with E-state index in [1.165, 1.54) is 22.2 Å². The van der Waals surface area contributed by atoms with Crippen LogP contribution in [-0.2, 0) is 11.3 Å². The molecular weight excluding hydrogens is 415 g/mol. The van der Waals surface area contributed by atoms with E-state index in [1.54, 1.807) is 16.2 Å². The lowest BCUT2D eigenvalue weighted by molar-refractivity contribution is 0.105. The molecule has 8 heteroatoms. The number of ether oxygens (including phenoxy) is 1. The second-order valence-corrected chi connectivity index (χ2v) is 8.58. The summed E-state index contributed by atoms with van der Waals surface area (Å²) in [5.74, 6) is 0.649. The summed E-state index contributed by atoms with van der Waals surface area (Å²) < 4.78 is 22.0. The van der Waals surface area contributed by atoms with Crippen molar-refractivity contribution in [2.75, 3.05) is 37.7 Å². The molecule has 6 nitrogen and oxygen atoms in total. The molecule has 0 spiro atoms. The van der Waals surface area contributed by atoms with Crippen LogP contribution < -0.4 is 4.90 Å². The minimum Gasteiger partial charge on any atom is -0.450 e. The third kappa shape index (κ3) is 3.72. The molecule has 5 rings (SSSR count). The Morgan fingerprint density at radius 2 is 1.84 bits per heavy atom. The first kappa shape index (κ1) is 19.8. The highest BCUT2D eigenvalue weighted by molar-refractivity contribution is 7.25. The van der Waals surface area contributed by atoms with E-state index >= 15 is 0 Å². The summed E-state index contributed by atoms with van der Waals surface area (Å²) in [5, 5.41) is 1.17. The van der Waals surface area contributed by atoms with Crippen molar-refractivity contribution >= 4 is 43.8 Å². The monoisotopic (exact) mass is 438 g/mol. The quantitative estimate of drug-likeness (QED) is 0.463. The number of fused-ring (bicyclic) bond motifs is 3. The average molecular weight is 439 g/mol. The molecule has 1 fully saturated rings. The number of hydrogen-bond acceptors (Lipinski definition) is 5. The predicted octanol–water partition coefficient (Wildman–Crippen LogP) is 4.72. The van der Waals surface area contributed by atoms with Crippen molar-refractivity contribution in [3.8, 4) is 0 Å².